The maximum Gasteiger partial charge on any atom is 0.223 e. The first-order valence-corrected chi connectivity index (χ1v) is 9.81. The first kappa shape index (κ1) is 16.7. The number of carbonyl (C=O) groups excluding carboxylic acids is 1. The third kappa shape index (κ3) is 3.31. The first-order valence-electron chi connectivity index (χ1n) is 9.06. The highest BCUT2D eigenvalue weighted by Gasteiger charge is 2.42. The van der Waals surface area contributed by atoms with Crippen molar-refractivity contribution in [2.45, 2.75) is 38.1 Å². The molecule has 0 N–H and O–H groups in total. The number of halogens is 2. The Morgan fingerprint density at radius 1 is 1.04 bits per heavy atom. The van der Waals surface area contributed by atoms with Crippen LogP contribution >= 0.6 is 23.2 Å². The van der Waals surface area contributed by atoms with Crippen LogP contribution in [0.1, 0.15) is 31.2 Å². The molecule has 3 aliphatic rings. The molecule has 24 heavy (non-hydrogen) atoms. The van der Waals surface area contributed by atoms with Crippen LogP contribution in [0.2, 0.25) is 10.0 Å². The third-order valence-corrected chi connectivity index (χ3v) is 6.84. The second-order valence-corrected chi connectivity index (χ2v) is 8.42. The fourth-order valence-corrected chi connectivity index (χ4v) is 4.88. The molecular formula is C19H24Cl2N2O. The van der Waals surface area contributed by atoms with Gasteiger partial charge in [0.05, 0.1) is 10.0 Å². The quantitative estimate of drug-likeness (QED) is 0.807. The van der Waals surface area contributed by atoms with Crippen molar-refractivity contribution in [2.75, 3.05) is 26.2 Å². The molecule has 0 aromatic heterocycles. The van der Waals surface area contributed by atoms with Crippen molar-refractivity contribution in [1.29, 1.82) is 0 Å². The molecule has 2 atom stereocenters. The molecule has 1 aromatic carbocycles. The van der Waals surface area contributed by atoms with Gasteiger partial charge in [-0.1, -0.05) is 35.7 Å². The molecule has 0 spiro atoms. The van der Waals surface area contributed by atoms with Gasteiger partial charge in [0.15, 0.2) is 0 Å². The number of rotatable bonds is 4. The van der Waals surface area contributed by atoms with Crippen LogP contribution in [0.4, 0.5) is 0 Å². The van der Waals surface area contributed by atoms with Gasteiger partial charge in [-0.25, -0.2) is 0 Å². The average molecular weight is 367 g/mol. The molecule has 2 saturated heterocycles. The van der Waals surface area contributed by atoms with E-state index in [0.29, 0.717) is 22.5 Å². The maximum atomic E-state index is 12.4. The van der Waals surface area contributed by atoms with E-state index in [1.807, 2.05) is 17.0 Å². The lowest BCUT2D eigenvalue weighted by molar-refractivity contribution is -0.138. The summed E-state index contributed by atoms with van der Waals surface area (Å²) in [5, 5.41) is 1.12. The minimum absolute atomic E-state index is 0.261. The van der Waals surface area contributed by atoms with E-state index in [4.69, 9.17) is 23.2 Å². The van der Waals surface area contributed by atoms with Gasteiger partial charge < -0.3 is 4.90 Å². The maximum absolute atomic E-state index is 12.4. The van der Waals surface area contributed by atoms with Crippen molar-refractivity contribution in [3.8, 4) is 0 Å². The van der Waals surface area contributed by atoms with E-state index in [9.17, 15) is 4.79 Å². The summed E-state index contributed by atoms with van der Waals surface area (Å²) < 4.78 is 0. The Labute approximate surface area is 153 Å². The van der Waals surface area contributed by atoms with Crippen LogP contribution in [0.15, 0.2) is 18.2 Å². The number of carbonyl (C=O) groups is 1. The van der Waals surface area contributed by atoms with E-state index in [1.165, 1.54) is 32.4 Å². The Bertz CT molecular complexity index is 618. The minimum Gasteiger partial charge on any atom is -0.339 e. The first-order chi connectivity index (χ1) is 11.6. The van der Waals surface area contributed by atoms with Crippen LogP contribution in [0, 0.1) is 11.8 Å². The fraction of sp³-hybridized carbons (Fsp3) is 0.632. The van der Waals surface area contributed by atoms with Crippen LogP contribution in [0.5, 0.6) is 0 Å². The molecule has 2 unspecified atom stereocenters. The number of aryl methyl sites for hydroxylation is 1. The van der Waals surface area contributed by atoms with E-state index in [2.05, 4.69) is 4.90 Å². The lowest BCUT2D eigenvalue weighted by atomic mass is 10.0. The van der Waals surface area contributed by atoms with Crippen LogP contribution in [-0.4, -0.2) is 47.9 Å². The SMILES string of the molecule is O=C(CCc1ccc(Cl)c(Cl)c1)N1CC(N2CC3CCCC3C2)C1. The molecular weight excluding hydrogens is 343 g/mol. The zero-order valence-corrected chi connectivity index (χ0v) is 15.4. The Hall–Kier alpha value is -0.770. The van der Waals surface area contributed by atoms with E-state index in [0.717, 1.165) is 36.9 Å². The van der Waals surface area contributed by atoms with Crippen molar-refractivity contribution in [1.82, 2.24) is 9.80 Å². The number of hydrogen-bond donors (Lipinski definition) is 0. The molecule has 3 fully saturated rings. The monoisotopic (exact) mass is 366 g/mol. The van der Waals surface area contributed by atoms with Crippen LogP contribution in [0.3, 0.4) is 0 Å². The molecule has 1 aliphatic carbocycles. The molecule has 2 heterocycles. The lowest BCUT2D eigenvalue weighted by Crippen LogP contribution is -2.60. The van der Waals surface area contributed by atoms with Gasteiger partial charge in [-0.3, -0.25) is 9.69 Å². The number of amides is 1. The van der Waals surface area contributed by atoms with Crippen molar-refractivity contribution >= 4 is 29.1 Å². The molecule has 1 amide bonds. The highest BCUT2D eigenvalue weighted by molar-refractivity contribution is 6.42. The van der Waals surface area contributed by atoms with Crippen LogP contribution in [-0.2, 0) is 11.2 Å². The van der Waals surface area contributed by atoms with Gasteiger partial charge in [0.25, 0.3) is 0 Å². The third-order valence-electron chi connectivity index (χ3n) is 6.10. The van der Waals surface area contributed by atoms with Crippen LogP contribution in [0.25, 0.3) is 0 Å². The van der Waals surface area contributed by atoms with Crippen molar-refractivity contribution in [3.63, 3.8) is 0 Å². The van der Waals surface area contributed by atoms with Crippen molar-refractivity contribution in [2.24, 2.45) is 11.8 Å². The summed E-state index contributed by atoms with van der Waals surface area (Å²) in [6.45, 7) is 4.36. The molecule has 1 saturated carbocycles. The van der Waals surface area contributed by atoms with Crippen molar-refractivity contribution in [3.05, 3.63) is 33.8 Å². The van der Waals surface area contributed by atoms with Gasteiger partial charge in [0.1, 0.15) is 0 Å². The molecule has 4 rings (SSSR count). The standard InChI is InChI=1S/C19H24Cl2N2O/c20-17-6-4-13(8-18(17)21)5-7-19(24)23-11-16(12-23)22-9-14-2-1-3-15(14)10-22/h4,6,8,14-16H,1-3,5,7,9-12H2. The van der Waals surface area contributed by atoms with Crippen LogP contribution < -0.4 is 0 Å². The molecule has 3 nitrogen and oxygen atoms in total. The Kier molecular flexibility index (Phi) is 4.77. The molecule has 130 valence electrons. The highest BCUT2D eigenvalue weighted by Crippen LogP contribution is 2.39. The summed E-state index contributed by atoms with van der Waals surface area (Å²) in [4.78, 5) is 17.0. The largest absolute Gasteiger partial charge is 0.339 e. The van der Waals surface area contributed by atoms with E-state index < -0.39 is 0 Å². The van der Waals surface area contributed by atoms with E-state index in [1.54, 1.807) is 6.07 Å². The minimum atomic E-state index is 0.261. The number of benzene rings is 1. The smallest absolute Gasteiger partial charge is 0.223 e. The molecule has 1 aromatic rings. The van der Waals surface area contributed by atoms with Crippen molar-refractivity contribution < 1.29 is 4.79 Å². The normalized spacial score (nSPS) is 27.3. The molecule has 0 radical (unpaired) electrons. The predicted molar refractivity (Wildman–Crippen MR) is 97.6 cm³/mol. The van der Waals surface area contributed by atoms with Gasteiger partial charge in [0, 0.05) is 38.6 Å². The van der Waals surface area contributed by atoms with Gasteiger partial charge in [0.2, 0.25) is 5.91 Å². The number of hydrogen-bond acceptors (Lipinski definition) is 2. The Morgan fingerprint density at radius 2 is 1.75 bits per heavy atom. The zero-order valence-electron chi connectivity index (χ0n) is 13.9. The van der Waals surface area contributed by atoms with Gasteiger partial charge >= 0.3 is 0 Å². The molecule has 5 heteroatoms. The Balaban J connectivity index is 1.22. The van der Waals surface area contributed by atoms with E-state index in [-0.39, 0.29) is 5.91 Å². The predicted octanol–water partition coefficient (Wildman–Crippen LogP) is 3.87. The average Bonchev–Trinajstić information content (AvgIpc) is 3.08. The van der Waals surface area contributed by atoms with Gasteiger partial charge in [-0.2, -0.15) is 0 Å². The highest BCUT2D eigenvalue weighted by atomic mass is 35.5. The summed E-state index contributed by atoms with van der Waals surface area (Å²) in [6, 6.07) is 6.21. The lowest BCUT2D eigenvalue weighted by Gasteiger charge is -2.44. The van der Waals surface area contributed by atoms with E-state index >= 15 is 0 Å². The number of fused-ring (bicyclic) bond motifs is 1. The van der Waals surface area contributed by atoms with Gasteiger partial charge in [-0.05, 0) is 48.8 Å². The summed E-state index contributed by atoms with van der Waals surface area (Å²) in [5.41, 5.74) is 1.07. The summed E-state index contributed by atoms with van der Waals surface area (Å²) in [7, 11) is 0. The summed E-state index contributed by atoms with van der Waals surface area (Å²) in [5.74, 6) is 2.13. The number of nitrogens with zero attached hydrogens (tertiary/aromatic N) is 2. The molecule has 0 bridgehead atoms. The van der Waals surface area contributed by atoms with Gasteiger partial charge in [-0.15, -0.1) is 0 Å². The summed E-state index contributed by atoms with van der Waals surface area (Å²) >= 11 is 12.0. The fourth-order valence-electron chi connectivity index (χ4n) is 4.56. The Morgan fingerprint density at radius 3 is 2.42 bits per heavy atom. The zero-order chi connectivity index (χ0) is 16.7. The summed E-state index contributed by atoms with van der Waals surface area (Å²) in [6.07, 6.45) is 5.54. The number of likely N-dealkylation sites (tertiary alicyclic amines) is 2. The molecule has 2 aliphatic heterocycles. The second kappa shape index (κ2) is 6.86. The second-order valence-electron chi connectivity index (χ2n) is 7.61. The topological polar surface area (TPSA) is 23.6 Å².